The average molecular weight is 256 g/mol. The fourth-order valence-corrected chi connectivity index (χ4v) is 2.54. The summed E-state index contributed by atoms with van der Waals surface area (Å²) < 4.78 is 11.3. The Balaban J connectivity index is 2.46. The van der Waals surface area contributed by atoms with Crippen molar-refractivity contribution in [1.29, 1.82) is 0 Å². The molecule has 2 nitrogen and oxygen atoms in total. The molecular weight excluding hydrogens is 228 g/mol. The van der Waals surface area contributed by atoms with Crippen LogP contribution in [0.25, 0.3) is 0 Å². The van der Waals surface area contributed by atoms with Crippen molar-refractivity contribution in [2.45, 2.75) is 51.7 Å². The first-order valence-corrected chi connectivity index (χ1v) is 9.44. The molecule has 1 fully saturated rings. The molecule has 17 heavy (non-hydrogen) atoms. The molecule has 1 aliphatic rings. The van der Waals surface area contributed by atoms with Gasteiger partial charge in [-0.15, -0.1) is 0 Å². The molecule has 0 aromatic carbocycles. The molecule has 100 valence electrons. The maximum atomic E-state index is 6.30. The number of methoxy groups -OCH3 is 1. The van der Waals surface area contributed by atoms with E-state index in [4.69, 9.17) is 9.16 Å². The quantitative estimate of drug-likeness (QED) is 0.528. The van der Waals surface area contributed by atoms with Crippen LogP contribution in [0, 0.1) is 5.41 Å². The first-order valence-electron chi connectivity index (χ1n) is 6.53. The number of ether oxygens (including phenoxy) is 1. The molecule has 0 spiro atoms. The van der Waals surface area contributed by atoms with Crippen molar-refractivity contribution in [2.24, 2.45) is 5.41 Å². The van der Waals surface area contributed by atoms with Crippen molar-refractivity contribution in [3.8, 4) is 0 Å². The Labute approximate surface area is 108 Å². The minimum atomic E-state index is -1.59. The summed E-state index contributed by atoms with van der Waals surface area (Å²) in [5, 5.41) is 0.305. The van der Waals surface area contributed by atoms with Crippen molar-refractivity contribution in [1.82, 2.24) is 0 Å². The van der Waals surface area contributed by atoms with E-state index in [1.165, 1.54) is 12.8 Å². The highest BCUT2D eigenvalue weighted by Gasteiger charge is 2.44. The van der Waals surface area contributed by atoms with Crippen molar-refractivity contribution in [3.05, 3.63) is 12.2 Å². The molecule has 0 radical (unpaired) electrons. The van der Waals surface area contributed by atoms with Crippen molar-refractivity contribution >= 4 is 8.32 Å². The van der Waals surface area contributed by atoms with Crippen LogP contribution >= 0.6 is 0 Å². The highest BCUT2D eigenvalue weighted by Crippen LogP contribution is 2.49. The fraction of sp³-hybridized carbons (Fsp3) is 0.857. The third-order valence-electron chi connectivity index (χ3n) is 4.15. The molecule has 0 N–H and O–H groups in total. The normalized spacial score (nSPS) is 19.9. The minimum Gasteiger partial charge on any atom is -0.416 e. The van der Waals surface area contributed by atoms with E-state index in [2.05, 4.69) is 46.0 Å². The lowest BCUT2D eigenvalue weighted by molar-refractivity contribution is 0.227. The zero-order valence-electron chi connectivity index (χ0n) is 12.3. The van der Waals surface area contributed by atoms with Gasteiger partial charge in [0, 0.05) is 19.1 Å². The minimum absolute atomic E-state index is 0.305. The van der Waals surface area contributed by atoms with E-state index in [-0.39, 0.29) is 0 Å². The highest BCUT2D eigenvalue weighted by atomic mass is 28.4. The summed E-state index contributed by atoms with van der Waals surface area (Å²) in [6.45, 7) is 13.1. The Morgan fingerprint density at radius 1 is 1.24 bits per heavy atom. The van der Waals surface area contributed by atoms with Crippen LogP contribution in [0.1, 0.15) is 33.6 Å². The molecule has 0 aromatic rings. The van der Waals surface area contributed by atoms with Gasteiger partial charge in [0.05, 0.1) is 6.61 Å². The van der Waals surface area contributed by atoms with Crippen LogP contribution in [-0.4, -0.2) is 28.6 Å². The Kier molecular flexibility index (Phi) is 4.61. The van der Waals surface area contributed by atoms with Gasteiger partial charge in [-0.2, -0.15) is 0 Å². The molecule has 1 saturated carbocycles. The molecule has 0 bridgehead atoms. The van der Waals surface area contributed by atoms with Gasteiger partial charge in [-0.05, 0) is 31.0 Å². The largest absolute Gasteiger partial charge is 0.416 e. The van der Waals surface area contributed by atoms with Crippen LogP contribution in [0.4, 0.5) is 0 Å². The summed E-state index contributed by atoms with van der Waals surface area (Å²) in [5.41, 5.74) is 0.327. The van der Waals surface area contributed by atoms with Gasteiger partial charge in [0.15, 0.2) is 8.32 Å². The summed E-state index contributed by atoms with van der Waals surface area (Å²) in [6, 6.07) is 0. The number of rotatable bonds is 6. The van der Waals surface area contributed by atoms with E-state index in [1.807, 2.05) is 0 Å². The fourth-order valence-electron chi connectivity index (χ4n) is 1.45. The average Bonchev–Trinajstić information content (AvgIpc) is 2.95. The summed E-state index contributed by atoms with van der Waals surface area (Å²) in [7, 11) is 0.145. The molecule has 3 heteroatoms. The smallest absolute Gasteiger partial charge is 0.192 e. The predicted octanol–water partition coefficient (Wildman–Crippen LogP) is 3.99. The molecule has 0 unspecified atom stereocenters. The highest BCUT2D eigenvalue weighted by molar-refractivity contribution is 6.74. The van der Waals surface area contributed by atoms with E-state index in [0.717, 1.165) is 6.61 Å². The van der Waals surface area contributed by atoms with Gasteiger partial charge >= 0.3 is 0 Å². The van der Waals surface area contributed by atoms with Crippen LogP contribution in [0.2, 0.25) is 18.1 Å². The van der Waals surface area contributed by atoms with Gasteiger partial charge in [-0.1, -0.05) is 32.9 Å². The van der Waals surface area contributed by atoms with Gasteiger partial charge in [-0.3, -0.25) is 0 Å². The lowest BCUT2D eigenvalue weighted by atomic mass is 10.1. The van der Waals surface area contributed by atoms with Crippen LogP contribution in [0.5, 0.6) is 0 Å². The van der Waals surface area contributed by atoms with E-state index in [9.17, 15) is 0 Å². The van der Waals surface area contributed by atoms with E-state index < -0.39 is 8.32 Å². The second-order valence-electron chi connectivity index (χ2n) is 6.77. The number of hydrogen-bond donors (Lipinski definition) is 0. The summed E-state index contributed by atoms with van der Waals surface area (Å²) in [6.07, 6.45) is 6.95. The van der Waals surface area contributed by atoms with Crippen LogP contribution < -0.4 is 0 Å². The van der Waals surface area contributed by atoms with E-state index in [0.29, 0.717) is 17.1 Å². The first-order chi connectivity index (χ1) is 7.72. The van der Waals surface area contributed by atoms with Crippen molar-refractivity contribution in [3.63, 3.8) is 0 Å². The predicted molar refractivity (Wildman–Crippen MR) is 75.8 cm³/mol. The van der Waals surface area contributed by atoms with Gasteiger partial charge in [0.1, 0.15) is 0 Å². The third kappa shape index (κ3) is 4.23. The second-order valence-corrected chi connectivity index (χ2v) is 11.6. The molecule has 0 atom stereocenters. The monoisotopic (exact) mass is 256 g/mol. The Morgan fingerprint density at radius 3 is 2.24 bits per heavy atom. The Bertz CT molecular complexity index is 272. The second kappa shape index (κ2) is 5.25. The molecular formula is C14H28O2Si. The van der Waals surface area contributed by atoms with Gasteiger partial charge in [0.2, 0.25) is 0 Å². The van der Waals surface area contributed by atoms with Crippen LogP contribution in [0.3, 0.4) is 0 Å². The van der Waals surface area contributed by atoms with Gasteiger partial charge in [0.25, 0.3) is 0 Å². The molecule has 0 aromatic heterocycles. The standard InChI is InChI=1S/C14H28O2Si/c1-13(2,3)17(5,6)16-12-14(9-10-14)8-7-11-15-4/h7-8H,9-12H2,1-6H3/b8-7+. The van der Waals surface area contributed by atoms with E-state index >= 15 is 0 Å². The molecule has 0 heterocycles. The SMILES string of the molecule is COC/C=C/C1(CO[Si](C)(C)C(C)(C)C)CC1. The molecule has 0 saturated heterocycles. The number of hydrogen-bond acceptors (Lipinski definition) is 2. The van der Waals surface area contributed by atoms with Crippen molar-refractivity contribution in [2.75, 3.05) is 20.3 Å². The lowest BCUT2D eigenvalue weighted by Crippen LogP contribution is -2.42. The summed E-state index contributed by atoms with van der Waals surface area (Å²) in [4.78, 5) is 0. The van der Waals surface area contributed by atoms with E-state index in [1.54, 1.807) is 7.11 Å². The van der Waals surface area contributed by atoms with Crippen LogP contribution in [-0.2, 0) is 9.16 Å². The van der Waals surface area contributed by atoms with Crippen molar-refractivity contribution < 1.29 is 9.16 Å². The first kappa shape index (κ1) is 14.9. The van der Waals surface area contributed by atoms with Gasteiger partial charge < -0.3 is 9.16 Å². The Morgan fingerprint density at radius 2 is 1.82 bits per heavy atom. The van der Waals surface area contributed by atoms with Gasteiger partial charge in [-0.25, -0.2) is 0 Å². The maximum absolute atomic E-state index is 6.30. The Hall–Kier alpha value is -0.123. The summed E-state index contributed by atoms with van der Waals surface area (Å²) in [5.74, 6) is 0. The lowest BCUT2D eigenvalue weighted by Gasteiger charge is -2.37. The molecule has 0 aliphatic heterocycles. The van der Waals surface area contributed by atoms with Crippen LogP contribution in [0.15, 0.2) is 12.2 Å². The zero-order chi connectivity index (χ0) is 13.2. The topological polar surface area (TPSA) is 18.5 Å². The zero-order valence-corrected chi connectivity index (χ0v) is 13.3. The molecule has 1 rings (SSSR count). The maximum Gasteiger partial charge on any atom is 0.192 e. The molecule has 0 amide bonds. The summed E-state index contributed by atoms with van der Waals surface area (Å²) >= 11 is 0. The molecule has 1 aliphatic carbocycles. The third-order valence-corrected chi connectivity index (χ3v) is 8.63.